The number of rotatable bonds is 7. The first-order valence-electron chi connectivity index (χ1n) is 9.15. The van der Waals surface area contributed by atoms with E-state index in [2.05, 4.69) is 51.0 Å². The maximum absolute atomic E-state index is 5.50. The summed E-state index contributed by atoms with van der Waals surface area (Å²) in [6.07, 6.45) is 3.56. The number of fused-ring (bicyclic) bond motifs is 1. The van der Waals surface area contributed by atoms with Gasteiger partial charge in [0.2, 0.25) is 6.79 Å². The second-order valence-corrected chi connectivity index (χ2v) is 6.91. The van der Waals surface area contributed by atoms with Crippen LogP contribution in [0.4, 0.5) is 0 Å². The fourth-order valence-electron chi connectivity index (χ4n) is 3.39. The number of hydrogen-bond acceptors (Lipinski definition) is 4. The second-order valence-electron chi connectivity index (χ2n) is 6.91. The van der Waals surface area contributed by atoms with Crippen LogP contribution in [0, 0.1) is 5.92 Å². The number of benzene rings is 1. The van der Waals surface area contributed by atoms with Crippen molar-refractivity contribution in [3.05, 3.63) is 42.1 Å². The maximum Gasteiger partial charge on any atom is 0.231 e. The lowest BCUT2D eigenvalue weighted by atomic mass is 9.92. The highest BCUT2D eigenvalue weighted by molar-refractivity contribution is 5.64. The van der Waals surface area contributed by atoms with Crippen molar-refractivity contribution in [3.8, 4) is 22.8 Å². The summed E-state index contributed by atoms with van der Waals surface area (Å²) >= 11 is 0. The van der Waals surface area contributed by atoms with Gasteiger partial charge in [0.25, 0.3) is 0 Å². The molecule has 3 rings (SSSR count). The minimum Gasteiger partial charge on any atom is -0.454 e. The SMILES string of the molecule is CCC(CC)CC(c1cccc(-c2ccc3c(c2)OCO3)n1)N(C)C. The lowest BCUT2D eigenvalue weighted by molar-refractivity contribution is 0.174. The Balaban J connectivity index is 1.89. The molecule has 0 saturated carbocycles. The molecule has 1 aromatic heterocycles. The van der Waals surface area contributed by atoms with Crippen LogP contribution in [0.15, 0.2) is 36.4 Å². The van der Waals surface area contributed by atoms with Crippen molar-refractivity contribution in [1.82, 2.24) is 9.88 Å². The molecule has 25 heavy (non-hydrogen) atoms. The van der Waals surface area contributed by atoms with Gasteiger partial charge in [0.1, 0.15) is 0 Å². The molecule has 1 aliphatic heterocycles. The first-order chi connectivity index (χ1) is 12.1. The van der Waals surface area contributed by atoms with Gasteiger partial charge < -0.3 is 14.4 Å². The molecule has 0 fully saturated rings. The van der Waals surface area contributed by atoms with Crippen LogP contribution >= 0.6 is 0 Å². The Labute approximate surface area is 150 Å². The molecule has 4 nitrogen and oxygen atoms in total. The van der Waals surface area contributed by atoms with Crippen LogP contribution in [0.3, 0.4) is 0 Å². The monoisotopic (exact) mass is 340 g/mol. The van der Waals surface area contributed by atoms with E-state index in [1.165, 1.54) is 12.8 Å². The highest BCUT2D eigenvalue weighted by atomic mass is 16.7. The summed E-state index contributed by atoms with van der Waals surface area (Å²) in [5.74, 6) is 2.33. The zero-order valence-corrected chi connectivity index (χ0v) is 15.7. The van der Waals surface area contributed by atoms with Gasteiger partial charge in [-0.05, 0) is 56.8 Å². The molecule has 1 atom stereocenters. The number of nitrogens with zero attached hydrogens (tertiary/aromatic N) is 2. The van der Waals surface area contributed by atoms with E-state index < -0.39 is 0 Å². The third-order valence-electron chi connectivity index (χ3n) is 5.12. The summed E-state index contributed by atoms with van der Waals surface area (Å²) in [4.78, 5) is 7.26. The molecule has 1 unspecified atom stereocenters. The summed E-state index contributed by atoms with van der Waals surface area (Å²) in [5, 5.41) is 0. The zero-order chi connectivity index (χ0) is 17.8. The van der Waals surface area contributed by atoms with E-state index in [4.69, 9.17) is 14.5 Å². The second kappa shape index (κ2) is 7.87. The van der Waals surface area contributed by atoms with Gasteiger partial charge in [-0.15, -0.1) is 0 Å². The number of ether oxygens (including phenoxy) is 2. The lowest BCUT2D eigenvalue weighted by Crippen LogP contribution is -2.23. The highest BCUT2D eigenvalue weighted by Crippen LogP contribution is 2.36. The molecule has 4 heteroatoms. The zero-order valence-electron chi connectivity index (χ0n) is 15.7. The van der Waals surface area contributed by atoms with Gasteiger partial charge in [0, 0.05) is 5.56 Å². The Morgan fingerprint density at radius 1 is 1.04 bits per heavy atom. The fourth-order valence-corrected chi connectivity index (χ4v) is 3.39. The Morgan fingerprint density at radius 2 is 1.80 bits per heavy atom. The smallest absolute Gasteiger partial charge is 0.231 e. The van der Waals surface area contributed by atoms with Crippen LogP contribution < -0.4 is 9.47 Å². The van der Waals surface area contributed by atoms with Crippen LogP contribution in [0.1, 0.15) is 44.8 Å². The van der Waals surface area contributed by atoms with Crippen LogP contribution in [-0.2, 0) is 0 Å². The highest BCUT2D eigenvalue weighted by Gasteiger charge is 2.20. The van der Waals surface area contributed by atoms with Gasteiger partial charge in [-0.2, -0.15) is 0 Å². The summed E-state index contributed by atoms with van der Waals surface area (Å²) in [5.41, 5.74) is 3.17. The Bertz CT molecular complexity index is 711. The fraction of sp³-hybridized carbons (Fsp3) is 0.476. The average molecular weight is 340 g/mol. The minimum atomic E-state index is 0.296. The van der Waals surface area contributed by atoms with E-state index in [0.717, 1.165) is 40.8 Å². The molecule has 0 amide bonds. The van der Waals surface area contributed by atoms with Crippen molar-refractivity contribution in [3.63, 3.8) is 0 Å². The molecule has 0 N–H and O–H groups in total. The quantitative estimate of drug-likeness (QED) is 0.717. The molecular weight excluding hydrogens is 312 g/mol. The van der Waals surface area contributed by atoms with E-state index in [0.29, 0.717) is 12.8 Å². The Morgan fingerprint density at radius 3 is 2.52 bits per heavy atom. The van der Waals surface area contributed by atoms with Crippen LogP contribution in [-0.4, -0.2) is 30.8 Å². The van der Waals surface area contributed by atoms with Gasteiger partial charge in [-0.3, -0.25) is 4.98 Å². The molecule has 0 aliphatic carbocycles. The van der Waals surface area contributed by atoms with Gasteiger partial charge in [-0.1, -0.05) is 32.8 Å². The van der Waals surface area contributed by atoms with E-state index in [1.807, 2.05) is 18.2 Å². The van der Waals surface area contributed by atoms with Crippen molar-refractivity contribution < 1.29 is 9.47 Å². The molecule has 1 aromatic carbocycles. The number of aromatic nitrogens is 1. The maximum atomic E-state index is 5.50. The van der Waals surface area contributed by atoms with Crippen molar-refractivity contribution >= 4 is 0 Å². The molecular formula is C21H28N2O2. The predicted molar refractivity (Wildman–Crippen MR) is 101 cm³/mol. The Kier molecular flexibility index (Phi) is 5.59. The van der Waals surface area contributed by atoms with Crippen molar-refractivity contribution in [2.24, 2.45) is 5.92 Å². The summed E-state index contributed by atoms with van der Waals surface area (Å²) in [6, 6.07) is 12.7. The molecule has 134 valence electrons. The first kappa shape index (κ1) is 17.7. The van der Waals surface area contributed by atoms with Crippen LogP contribution in [0.25, 0.3) is 11.3 Å². The molecule has 0 radical (unpaired) electrons. The lowest BCUT2D eigenvalue weighted by Gasteiger charge is -2.27. The van der Waals surface area contributed by atoms with Gasteiger partial charge in [0.15, 0.2) is 11.5 Å². The van der Waals surface area contributed by atoms with Gasteiger partial charge in [0.05, 0.1) is 17.4 Å². The van der Waals surface area contributed by atoms with Crippen molar-refractivity contribution in [1.29, 1.82) is 0 Å². The van der Waals surface area contributed by atoms with Gasteiger partial charge >= 0.3 is 0 Å². The molecule has 0 saturated heterocycles. The van der Waals surface area contributed by atoms with Crippen molar-refractivity contribution in [2.45, 2.75) is 39.2 Å². The first-order valence-corrected chi connectivity index (χ1v) is 9.15. The van der Waals surface area contributed by atoms with E-state index in [9.17, 15) is 0 Å². The average Bonchev–Trinajstić information content (AvgIpc) is 3.10. The van der Waals surface area contributed by atoms with E-state index in [1.54, 1.807) is 0 Å². The predicted octanol–water partition coefficient (Wildman–Crippen LogP) is 4.91. The van der Waals surface area contributed by atoms with Gasteiger partial charge in [-0.25, -0.2) is 0 Å². The summed E-state index contributed by atoms with van der Waals surface area (Å²) < 4.78 is 10.9. The Hall–Kier alpha value is -2.07. The third-order valence-corrected chi connectivity index (χ3v) is 5.12. The van der Waals surface area contributed by atoms with Crippen molar-refractivity contribution in [2.75, 3.05) is 20.9 Å². The molecule has 1 aliphatic rings. The van der Waals surface area contributed by atoms with Crippen LogP contribution in [0.5, 0.6) is 11.5 Å². The molecule has 2 heterocycles. The largest absolute Gasteiger partial charge is 0.454 e. The standard InChI is InChI=1S/C21H28N2O2/c1-5-15(6-2)12-19(23(3)4)18-9-7-8-17(22-18)16-10-11-20-21(13-16)25-14-24-20/h7-11,13,15,19H,5-6,12,14H2,1-4H3. The van der Waals surface area contributed by atoms with Crippen LogP contribution in [0.2, 0.25) is 0 Å². The van der Waals surface area contributed by atoms with E-state index >= 15 is 0 Å². The topological polar surface area (TPSA) is 34.6 Å². The molecule has 0 spiro atoms. The third kappa shape index (κ3) is 3.96. The minimum absolute atomic E-state index is 0.296. The molecule has 2 aromatic rings. The summed E-state index contributed by atoms with van der Waals surface area (Å²) in [6.45, 7) is 4.85. The molecule has 0 bridgehead atoms. The number of hydrogen-bond donors (Lipinski definition) is 0. The number of pyridine rings is 1. The van der Waals surface area contributed by atoms with E-state index in [-0.39, 0.29) is 0 Å². The summed E-state index contributed by atoms with van der Waals surface area (Å²) in [7, 11) is 4.28. The normalized spacial score (nSPS) is 14.3.